The summed E-state index contributed by atoms with van der Waals surface area (Å²) in [5.74, 6) is 0. The van der Waals surface area contributed by atoms with Crippen molar-refractivity contribution in [1.82, 2.24) is 4.37 Å². The van der Waals surface area contributed by atoms with Crippen LogP contribution in [-0.4, -0.2) is 10.6 Å². The molecule has 0 aromatic carbocycles. The molecule has 1 heterocycles. The maximum atomic E-state index is 4.04. The summed E-state index contributed by atoms with van der Waals surface area (Å²) in [6.07, 6.45) is 2.02. The van der Waals surface area contributed by atoms with E-state index in [1.54, 1.807) is 11.8 Å². The van der Waals surface area contributed by atoms with E-state index in [4.69, 9.17) is 0 Å². The molecule has 0 saturated carbocycles. The molecule has 0 radical (unpaired) electrons. The van der Waals surface area contributed by atoms with Crippen molar-refractivity contribution in [2.45, 2.75) is 5.03 Å². The quantitative estimate of drug-likeness (QED) is 0.540. The van der Waals surface area contributed by atoms with Crippen LogP contribution in [0.4, 0.5) is 0 Å². The summed E-state index contributed by atoms with van der Waals surface area (Å²) in [6.45, 7) is 0. The Balaban J connectivity index is 2.76. The Morgan fingerprint density at radius 3 is 3.00 bits per heavy atom. The summed E-state index contributed by atoms with van der Waals surface area (Å²) < 4.78 is 4.04. The highest BCUT2D eigenvalue weighted by Crippen LogP contribution is 2.11. The Morgan fingerprint density at radius 2 is 2.71 bits per heavy atom. The zero-order chi connectivity index (χ0) is 5.11. The molecule has 0 N–H and O–H groups in total. The van der Waals surface area contributed by atoms with Crippen molar-refractivity contribution in [1.29, 1.82) is 0 Å². The number of hydrogen-bond donors (Lipinski definition) is 0. The van der Waals surface area contributed by atoms with E-state index in [-0.39, 0.29) is 0 Å². The molecule has 38 valence electrons. The third-order valence-corrected chi connectivity index (χ3v) is 1.94. The number of nitrogens with zero attached hydrogens (tertiary/aromatic N) is 1. The highest BCUT2D eigenvalue weighted by molar-refractivity contribution is 7.98. The van der Waals surface area contributed by atoms with Crippen LogP contribution in [-0.2, 0) is 0 Å². The number of aromatic nitrogens is 1. The van der Waals surface area contributed by atoms with Gasteiger partial charge in [-0.05, 0) is 23.9 Å². The second-order valence-electron chi connectivity index (χ2n) is 1.04. The van der Waals surface area contributed by atoms with Crippen LogP contribution in [0.3, 0.4) is 0 Å². The molecule has 0 aliphatic rings. The summed E-state index contributed by atoms with van der Waals surface area (Å²) >= 11 is 3.17. The lowest BCUT2D eigenvalue weighted by atomic mass is 10.8. The van der Waals surface area contributed by atoms with E-state index in [1.807, 2.05) is 17.7 Å². The van der Waals surface area contributed by atoms with E-state index >= 15 is 0 Å². The van der Waals surface area contributed by atoms with Crippen molar-refractivity contribution in [3.8, 4) is 0 Å². The Kier molecular flexibility index (Phi) is 1.70. The lowest BCUT2D eigenvalue weighted by Crippen LogP contribution is -1.58. The van der Waals surface area contributed by atoms with Gasteiger partial charge in [0.2, 0.25) is 0 Å². The van der Waals surface area contributed by atoms with Crippen molar-refractivity contribution < 1.29 is 0 Å². The average molecular weight is 131 g/mol. The summed E-state index contributed by atoms with van der Waals surface area (Å²) in [7, 11) is 0. The third-order valence-electron chi connectivity index (χ3n) is 0.623. The first kappa shape index (κ1) is 5.12. The Labute approximate surface area is 50.9 Å². The highest BCUT2D eigenvalue weighted by atomic mass is 32.2. The van der Waals surface area contributed by atoms with Gasteiger partial charge in [0.05, 0.1) is 0 Å². The molecule has 1 nitrogen and oxygen atoms in total. The molecule has 0 saturated heterocycles. The lowest BCUT2D eigenvalue weighted by Gasteiger charge is -1.77. The molecular weight excluding hydrogens is 126 g/mol. The van der Waals surface area contributed by atoms with Crippen LogP contribution in [0.15, 0.2) is 16.5 Å². The predicted molar refractivity (Wildman–Crippen MR) is 33.9 cm³/mol. The molecule has 1 rings (SSSR count). The van der Waals surface area contributed by atoms with Crippen LogP contribution >= 0.6 is 23.3 Å². The molecule has 1 aromatic rings. The molecule has 7 heavy (non-hydrogen) atoms. The maximum Gasteiger partial charge on any atom is 0.110 e. The highest BCUT2D eigenvalue weighted by Gasteiger charge is 1.85. The van der Waals surface area contributed by atoms with E-state index in [0.29, 0.717) is 0 Å². The Bertz CT molecular complexity index is 124. The summed E-state index contributed by atoms with van der Waals surface area (Å²) in [4.78, 5) is 0. The van der Waals surface area contributed by atoms with Gasteiger partial charge in [0.1, 0.15) is 5.03 Å². The second kappa shape index (κ2) is 2.33. The van der Waals surface area contributed by atoms with Crippen LogP contribution in [0.2, 0.25) is 0 Å². The monoisotopic (exact) mass is 131 g/mol. The lowest BCUT2D eigenvalue weighted by molar-refractivity contribution is 1.30. The van der Waals surface area contributed by atoms with Gasteiger partial charge in [-0.2, -0.15) is 4.37 Å². The van der Waals surface area contributed by atoms with E-state index in [9.17, 15) is 0 Å². The van der Waals surface area contributed by atoms with Crippen molar-refractivity contribution in [2.24, 2.45) is 0 Å². The summed E-state index contributed by atoms with van der Waals surface area (Å²) in [5.41, 5.74) is 0. The molecule has 3 heteroatoms. The molecule has 0 spiro atoms. The fraction of sp³-hybridized carbons (Fsp3) is 0.250. The van der Waals surface area contributed by atoms with Crippen molar-refractivity contribution in [2.75, 3.05) is 6.26 Å². The Hall–Kier alpha value is -0.0200. The zero-order valence-corrected chi connectivity index (χ0v) is 5.55. The molecule has 0 aliphatic carbocycles. The second-order valence-corrected chi connectivity index (χ2v) is 2.53. The van der Waals surface area contributed by atoms with Crippen molar-refractivity contribution in [3.63, 3.8) is 0 Å². The molecule has 0 aliphatic heterocycles. The van der Waals surface area contributed by atoms with Gasteiger partial charge in [0, 0.05) is 5.38 Å². The standard InChI is InChI=1S/C4H5NS2/c1-6-4-2-3-7-5-4/h2-3H,1H3. The zero-order valence-electron chi connectivity index (χ0n) is 3.92. The van der Waals surface area contributed by atoms with E-state index in [2.05, 4.69) is 4.37 Å². The molecule has 0 amide bonds. The smallest absolute Gasteiger partial charge is 0.110 e. The first-order valence-electron chi connectivity index (χ1n) is 1.88. The van der Waals surface area contributed by atoms with Crippen LogP contribution in [0, 0.1) is 0 Å². The molecule has 0 atom stereocenters. The number of thioether (sulfide) groups is 1. The van der Waals surface area contributed by atoms with Gasteiger partial charge < -0.3 is 0 Å². The largest absolute Gasteiger partial charge is 0.186 e. The van der Waals surface area contributed by atoms with Gasteiger partial charge in [0.25, 0.3) is 0 Å². The summed E-state index contributed by atoms with van der Waals surface area (Å²) in [6, 6.07) is 2.01. The van der Waals surface area contributed by atoms with Gasteiger partial charge >= 0.3 is 0 Å². The SMILES string of the molecule is CSc1ccsn1. The van der Waals surface area contributed by atoms with Gasteiger partial charge in [0.15, 0.2) is 0 Å². The topological polar surface area (TPSA) is 12.9 Å². The maximum absolute atomic E-state index is 4.04. The normalized spacial score (nSPS) is 9.29. The molecule has 0 unspecified atom stereocenters. The predicted octanol–water partition coefficient (Wildman–Crippen LogP) is 1.86. The number of rotatable bonds is 1. The fourth-order valence-corrected chi connectivity index (χ4v) is 1.44. The van der Waals surface area contributed by atoms with Crippen molar-refractivity contribution >= 4 is 23.3 Å². The minimum atomic E-state index is 1.12. The molecule has 1 aromatic heterocycles. The third kappa shape index (κ3) is 1.17. The van der Waals surface area contributed by atoms with Crippen LogP contribution in [0.5, 0.6) is 0 Å². The van der Waals surface area contributed by atoms with E-state index in [0.717, 1.165) is 5.03 Å². The number of hydrogen-bond acceptors (Lipinski definition) is 3. The van der Waals surface area contributed by atoms with Crippen LogP contribution < -0.4 is 0 Å². The van der Waals surface area contributed by atoms with Gasteiger partial charge in [-0.25, -0.2) is 0 Å². The summed E-state index contributed by atoms with van der Waals surface area (Å²) in [5, 5.41) is 3.09. The first-order valence-corrected chi connectivity index (χ1v) is 3.94. The minimum Gasteiger partial charge on any atom is -0.186 e. The first-order chi connectivity index (χ1) is 3.43. The van der Waals surface area contributed by atoms with E-state index < -0.39 is 0 Å². The van der Waals surface area contributed by atoms with Gasteiger partial charge in [-0.1, -0.05) is 0 Å². The van der Waals surface area contributed by atoms with E-state index in [1.165, 1.54) is 11.5 Å². The van der Waals surface area contributed by atoms with Crippen LogP contribution in [0.25, 0.3) is 0 Å². The van der Waals surface area contributed by atoms with Crippen LogP contribution in [0.1, 0.15) is 0 Å². The van der Waals surface area contributed by atoms with Gasteiger partial charge in [-0.3, -0.25) is 0 Å². The fourth-order valence-electron chi connectivity index (χ4n) is 0.307. The molecule has 0 fully saturated rings. The average Bonchev–Trinajstić information content (AvgIpc) is 2.14. The minimum absolute atomic E-state index is 1.12. The van der Waals surface area contributed by atoms with Gasteiger partial charge in [-0.15, -0.1) is 11.8 Å². The Morgan fingerprint density at radius 1 is 1.86 bits per heavy atom. The molecular formula is C4H5NS2. The van der Waals surface area contributed by atoms with Crippen molar-refractivity contribution in [3.05, 3.63) is 11.4 Å². The molecule has 0 bridgehead atoms.